The molecule has 1 atom stereocenters. The molecule has 0 rings (SSSR count). The summed E-state index contributed by atoms with van der Waals surface area (Å²) >= 11 is 0. The van der Waals surface area contributed by atoms with Gasteiger partial charge in [-0.3, -0.25) is 0 Å². The topological polar surface area (TPSA) is 57.2 Å². The molecular formula is C11H8F15KO3S. The largest absolute Gasteiger partial charge is 1.00 e. The van der Waals surface area contributed by atoms with Crippen molar-refractivity contribution >= 4 is 10.1 Å². The van der Waals surface area contributed by atoms with Crippen molar-refractivity contribution in [2.24, 2.45) is 0 Å². The molecule has 0 radical (unpaired) electrons. The summed E-state index contributed by atoms with van der Waals surface area (Å²) in [6.45, 7) is 0.785. The number of alkyl halides is 15. The van der Waals surface area contributed by atoms with Crippen molar-refractivity contribution in [2.75, 3.05) is 0 Å². The van der Waals surface area contributed by atoms with Crippen molar-refractivity contribution in [3.05, 3.63) is 0 Å². The number of halogens is 15. The first-order chi connectivity index (χ1) is 12.7. The Kier molecular flexibility index (Phi) is 10.1. The molecule has 0 heterocycles. The van der Waals surface area contributed by atoms with Gasteiger partial charge in [0.05, 0.1) is 0 Å². The van der Waals surface area contributed by atoms with Gasteiger partial charge >= 0.3 is 92.2 Å². The van der Waals surface area contributed by atoms with E-state index in [1.807, 2.05) is 0 Å². The van der Waals surface area contributed by atoms with Crippen LogP contribution in [-0.4, -0.2) is 59.9 Å². The SMILES string of the molecule is CCCC(F)C(F)(F)C(F)(F)C(F)(F)C(F)(F)C(F)(F)C(F)(F)C(F)(F)S(=O)(=O)[O-].[K+]. The molecule has 3 nitrogen and oxygen atoms in total. The van der Waals surface area contributed by atoms with E-state index < -0.39 is 69.9 Å². The first-order valence-electron chi connectivity index (χ1n) is 6.97. The van der Waals surface area contributed by atoms with Crippen LogP contribution in [0.3, 0.4) is 0 Å². The molecule has 0 saturated carbocycles. The summed E-state index contributed by atoms with van der Waals surface area (Å²) in [5, 5.41) is -7.80. The summed E-state index contributed by atoms with van der Waals surface area (Å²) in [5.74, 6) is -48.6. The van der Waals surface area contributed by atoms with Crippen LogP contribution in [0.25, 0.3) is 0 Å². The van der Waals surface area contributed by atoms with E-state index in [4.69, 9.17) is 0 Å². The van der Waals surface area contributed by atoms with Gasteiger partial charge in [0, 0.05) is 0 Å². The van der Waals surface area contributed by atoms with E-state index in [0.717, 1.165) is 6.92 Å². The molecular weight excluding hydrogens is 536 g/mol. The van der Waals surface area contributed by atoms with Crippen LogP contribution in [0.4, 0.5) is 65.9 Å². The molecule has 0 spiro atoms. The number of hydrogen-bond donors (Lipinski definition) is 0. The van der Waals surface area contributed by atoms with Gasteiger partial charge < -0.3 is 4.55 Å². The van der Waals surface area contributed by atoms with Crippen molar-refractivity contribution < 1.29 is 130 Å². The summed E-state index contributed by atoms with van der Waals surface area (Å²) in [6.07, 6.45) is -6.99. The Morgan fingerprint density at radius 2 is 0.968 bits per heavy atom. The molecule has 20 heteroatoms. The van der Waals surface area contributed by atoms with Crippen LogP contribution in [0.5, 0.6) is 0 Å². The molecule has 0 aliphatic rings. The van der Waals surface area contributed by atoms with Crippen molar-refractivity contribution in [3.63, 3.8) is 0 Å². The molecule has 0 aromatic rings. The Morgan fingerprint density at radius 3 is 1.26 bits per heavy atom. The number of hydrogen-bond acceptors (Lipinski definition) is 3. The molecule has 0 aromatic carbocycles. The predicted molar refractivity (Wildman–Crippen MR) is 64.1 cm³/mol. The maximum absolute atomic E-state index is 13.4. The molecule has 0 saturated heterocycles. The van der Waals surface area contributed by atoms with E-state index in [2.05, 4.69) is 0 Å². The van der Waals surface area contributed by atoms with Gasteiger partial charge in [-0.15, -0.1) is 0 Å². The Hall–Kier alpha value is 0.496. The zero-order chi connectivity index (χ0) is 25.0. The van der Waals surface area contributed by atoms with Crippen LogP contribution in [0.1, 0.15) is 19.8 Å². The second kappa shape index (κ2) is 9.27. The standard InChI is InChI=1S/C11H9F15O3S.K/c1-2-3-4(12)5(13,14)6(15,16)7(17,18)8(19,20)9(21,22)10(23,24)11(25,26)30(27,28)29;/h4H,2-3H2,1H3,(H,27,28,29);/q;+1/p-1. The van der Waals surface area contributed by atoms with E-state index in [0.29, 0.717) is 0 Å². The van der Waals surface area contributed by atoms with Crippen molar-refractivity contribution in [1.82, 2.24) is 0 Å². The maximum Gasteiger partial charge on any atom is 1.00 e. The van der Waals surface area contributed by atoms with Crippen molar-refractivity contribution in [3.8, 4) is 0 Å². The quantitative estimate of drug-likeness (QED) is 0.241. The Balaban J connectivity index is 0. The minimum absolute atomic E-state index is 0. The first-order valence-corrected chi connectivity index (χ1v) is 8.38. The molecule has 0 bridgehead atoms. The van der Waals surface area contributed by atoms with Crippen molar-refractivity contribution in [2.45, 2.75) is 66.7 Å². The minimum atomic E-state index is -8.57. The fourth-order valence-corrected chi connectivity index (χ4v) is 2.21. The molecule has 0 aliphatic carbocycles. The Labute approximate surface area is 205 Å². The summed E-state index contributed by atoms with van der Waals surface area (Å²) in [4.78, 5) is 0. The van der Waals surface area contributed by atoms with Gasteiger partial charge in [0.25, 0.3) is 0 Å². The minimum Gasteiger partial charge on any atom is -0.743 e. The van der Waals surface area contributed by atoms with Crippen LogP contribution < -0.4 is 51.4 Å². The van der Waals surface area contributed by atoms with E-state index >= 15 is 0 Å². The van der Waals surface area contributed by atoms with Crippen LogP contribution >= 0.6 is 0 Å². The summed E-state index contributed by atoms with van der Waals surface area (Å²) in [6, 6.07) is 0. The molecule has 0 fully saturated rings. The second-order valence-corrected chi connectivity index (χ2v) is 7.14. The average molecular weight is 544 g/mol. The third-order valence-electron chi connectivity index (χ3n) is 3.61. The number of rotatable bonds is 10. The van der Waals surface area contributed by atoms with E-state index in [9.17, 15) is 78.8 Å². The van der Waals surface area contributed by atoms with Gasteiger partial charge in [-0.1, -0.05) is 13.3 Å². The van der Waals surface area contributed by atoms with Crippen LogP contribution in [0.2, 0.25) is 0 Å². The Morgan fingerprint density at radius 1 is 0.677 bits per heavy atom. The Bertz CT molecular complexity index is 736. The predicted octanol–water partition coefficient (Wildman–Crippen LogP) is 2.08. The summed E-state index contributed by atoms with van der Waals surface area (Å²) < 4.78 is 228. The molecule has 1 unspecified atom stereocenters. The zero-order valence-electron chi connectivity index (χ0n) is 14.8. The van der Waals surface area contributed by atoms with Gasteiger partial charge in [-0.05, 0) is 6.42 Å². The third kappa shape index (κ3) is 4.71. The van der Waals surface area contributed by atoms with E-state index in [1.54, 1.807) is 0 Å². The average Bonchev–Trinajstić information content (AvgIpc) is 2.52. The van der Waals surface area contributed by atoms with Gasteiger partial charge in [-0.25, -0.2) is 12.8 Å². The molecule has 182 valence electrons. The molecule has 31 heavy (non-hydrogen) atoms. The van der Waals surface area contributed by atoms with Gasteiger partial charge in [0.2, 0.25) is 0 Å². The second-order valence-electron chi connectivity index (χ2n) is 5.72. The molecule has 0 aromatic heterocycles. The molecule has 0 N–H and O–H groups in total. The monoisotopic (exact) mass is 544 g/mol. The van der Waals surface area contributed by atoms with E-state index in [-0.39, 0.29) is 51.4 Å². The van der Waals surface area contributed by atoms with Gasteiger partial charge in [-0.2, -0.15) is 61.5 Å². The molecule has 0 amide bonds. The molecule has 0 aliphatic heterocycles. The maximum atomic E-state index is 13.4. The smallest absolute Gasteiger partial charge is 0.743 e. The van der Waals surface area contributed by atoms with Crippen LogP contribution in [-0.2, 0) is 10.1 Å². The van der Waals surface area contributed by atoms with Crippen molar-refractivity contribution in [1.29, 1.82) is 0 Å². The normalized spacial score (nSPS) is 16.7. The zero-order valence-corrected chi connectivity index (χ0v) is 18.7. The van der Waals surface area contributed by atoms with Gasteiger partial charge in [0.15, 0.2) is 16.3 Å². The summed E-state index contributed by atoms with van der Waals surface area (Å²) in [7, 11) is -8.02. The first kappa shape index (κ1) is 33.7. The van der Waals surface area contributed by atoms with Crippen LogP contribution in [0, 0.1) is 0 Å². The van der Waals surface area contributed by atoms with Gasteiger partial charge in [0.1, 0.15) is 0 Å². The van der Waals surface area contributed by atoms with E-state index in [1.165, 1.54) is 0 Å². The summed E-state index contributed by atoms with van der Waals surface area (Å²) in [5.41, 5.74) is 0. The fraction of sp³-hybridized carbons (Fsp3) is 1.00. The fourth-order valence-electron chi connectivity index (χ4n) is 1.77. The third-order valence-corrected chi connectivity index (χ3v) is 4.50. The van der Waals surface area contributed by atoms with Crippen LogP contribution in [0.15, 0.2) is 0 Å².